The summed E-state index contributed by atoms with van der Waals surface area (Å²) in [7, 11) is 0. The molecule has 0 saturated heterocycles. The lowest BCUT2D eigenvalue weighted by atomic mass is 10.1. The number of aryl methyl sites for hydroxylation is 1. The van der Waals surface area contributed by atoms with E-state index in [-0.39, 0.29) is 18.6 Å². The number of rotatable bonds is 9. The van der Waals surface area contributed by atoms with Gasteiger partial charge in [0, 0.05) is 30.3 Å². The van der Waals surface area contributed by atoms with Crippen LogP contribution in [0.3, 0.4) is 0 Å². The number of aromatic nitrogens is 3. The molecule has 0 spiro atoms. The van der Waals surface area contributed by atoms with Gasteiger partial charge in [-0.25, -0.2) is 9.97 Å². The molecule has 0 unspecified atom stereocenters. The number of ether oxygens (including phenoxy) is 1. The molecule has 0 bridgehead atoms. The zero-order valence-corrected chi connectivity index (χ0v) is 22.9. The number of thiazole rings is 1. The summed E-state index contributed by atoms with van der Waals surface area (Å²) in [6.07, 6.45) is 0.647. The van der Waals surface area contributed by atoms with E-state index in [0.717, 1.165) is 43.5 Å². The number of hydrogen-bond donors (Lipinski definition) is 4. The van der Waals surface area contributed by atoms with Crippen molar-refractivity contribution in [1.29, 1.82) is 0 Å². The lowest BCUT2D eigenvalue weighted by Gasteiger charge is -2.18. The fraction of sp³-hybridized carbons (Fsp3) is 0.258. The van der Waals surface area contributed by atoms with Crippen molar-refractivity contribution in [1.82, 2.24) is 15.0 Å². The van der Waals surface area contributed by atoms with E-state index < -0.39 is 6.10 Å². The van der Waals surface area contributed by atoms with Crippen molar-refractivity contribution in [2.45, 2.75) is 38.5 Å². The van der Waals surface area contributed by atoms with E-state index in [1.165, 1.54) is 0 Å². The third kappa shape index (κ3) is 5.77. The Bertz CT molecular complexity index is 1580. The topological polar surface area (TPSA) is 112 Å². The minimum absolute atomic E-state index is 0.0304. The van der Waals surface area contributed by atoms with Crippen molar-refractivity contribution in [3.8, 4) is 16.3 Å². The summed E-state index contributed by atoms with van der Waals surface area (Å²) in [4.78, 5) is 14.5. The van der Waals surface area contributed by atoms with Gasteiger partial charge in [-0.05, 0) is 49.6 Å². The highest BCUT2D eigenvalue weighted by atomic mass is 32.1. The van der Waals surface area contributed by atoms with Crippen molar-refractivity contribution in [2.75, 3.05) is 17.2 Å². The van der Waals surface area contributed by atoms with Gasteiger partial charge in [-0.2, -0.15) is 4.98 Å². The number of fused-ring (bicyclic) bond motifs is 1. The zero-order valence-electron chi connectivity index (χ0n) is 22.1. The van der Waals surface area contributed by atoms with Gasteiger partial charge in [-0.1, -0.05) is 48.5 Å². The summed E-state index contributed by atoms with van der Waals surface area (Å²) in [6.45, 7) is 2.40. The molecule has 0 aliphatic heterocycles. The van der Waals surface area contributed by atoms with Crippen LogP contribution in [0.1, 0.15) is 24.1 Å². The Morgan fingerprint density at radius 2 is 1.77 bits per heavy atom. The van der Waals surface area contributed by atoms with Gasteiger partial charge in [-0.3, -0.25) is 0 Å². The van der Waals surface area contributed by atoms with Crippen LogP contribution in [0.4, 0.5) is 17.5 Å². The van der Waals surface area contributed by atoms with Gasteiger partial charge in [-0.15, -0.1) is 11.3 Å². The van der Waals surface area contributed by atoms with E-state index in [1.807, 2.05) is 79.7 Å². The van der Waals surface area contributed by atoms with Gasteiger partial charge in [0.05, 0.1) is 27.6 Å². The van der Waals surface area contributed by atoms with Gasteiger partial charge < -0.3 is 25.6 Å². The number of hydrogen-bond acceptors (Lipinski definition) is 9. The molecule has 204 valence electrons. The van der Waals surface area contributed by atoms with Crippen LogP contribution >= 0.6 is 11.3 Å². The second-order valence-electron chi connectivity index (χ2n) is 10.1. The predicted octanol–water partition coefficient (Wildman–Crippen LogP) is 5.93. The highest BCUT2D eigenvalue weighted by Crippen LogP contribution is 2.38. The van der Waals surface area contributed by atoms with Crippen LogP contribution in [0.15, 0.2) is 78.9 Å². The largest absolute Gasteiger partial charge is 0.489 e. The average molecular weight is 554 g/mol. The number of aliphatic hydroxyl groups excluding tert-OH is 2. The lowest BCUT2D eigenvalue weighted by molar-refractivity contribution is 0.0908. The van der Waals surface area contributed by atoms with Crippen molar-refractivity contribution in [3.63, 3.8) is 0 Å². The molecule has 3 atom stereocenters. The minimum atomic E-state index is -0.549. The summed E-state index contributed by atoms with van der Waals surface area (Å²) in [5, 5.41) is 27.8. The predicted molar refractivity (Wildman–Crippen MR) is 159 cm³/mol. The summed E-state index contributed by atoms with van der Waals surface area (Å²) >= 11 is 1.60. The van der Waals surface area contributed by atoms with Gasteiger partial charge in [0.25, 0.3) is 0 Å². The molecule has 1 aliphatic rings. The fourth-order valence-electron chi connectivity index (χ4n) is 5.11. The number of nitrogens with zero attached hydrogens (tertiary/aromatic N) is 3. The Morgan fingerprint density at radius 1 is 0.950 bits per heavy atom. The van der Waals surface area contributed by atoms with Crippen LogP contribution in [0.2, 0.25) is 0 Å². The molecule has 2 aromatic heterocycles. The molecule has 4 N–H and O–H groups in total. The quantitative estimate of drug-likeness (QED) is 0.178. The van der Waals surface area contributed by atoms with Crippen molar-refractivity contribution in [2.24, 2.45) is 5.92 Å². The highest BCUT2D eigenvalue weighted by Gasteiger charge is 2.33. The number of nitrogens with one attached hydrogen (secondary N) is 2. The SMILES string of the molecule is Cc1nc(Nc2cccc(OCc3ccccc3)c2)nc(N[C@@H]2C[C@H](CO)[C@@H](O)C2)c1-c1nc2ccccc2s1. The maximum absolute atomic E-state index is 10.4. The van der Waals surface area contributed by atoms with Gasteiger partial charge in [0.2, 0.25) is 5.95 Å². The van der Waals surface area contributed by atoms with Gasteiger partial charge in [0.1, 0.15) is 23.2 Å². The molecular weight excluding hydrogens is 522 g/mol. The molecule has 40 heavy (non-hydrogen) atoms. The van der Waals surface area contributed by atoms with E-state index in [2.05, 4.69) is 16.7 Å². The van der Waals surface area contributed by atoms with Crippen LogP contribution < -0.4 is 15.4 Å². The molecule has 3 aromatic carbocycles. The Morgan fingerprint density at radius 3 is 2.58 bits per heavy atom. The molecule has 2 heterocycles. The van der Waals surface area contributed by atoms with E-state index >= 15 is 0 Å². The molecule has 1 aliphatic carbocycles. The average Bonchev–Trinajstić information content (AvgIpc) is 3.55. The number of anilines is 3. The highest BCUT2D eigenvalue weighted by molar-refractivity contribution is 7.21. The molecule has 9 heteroatoms. The van der Waals surface area contributed by atoms with Crippen LogP contribution in [0, 0.1) is 12.8 Å². The van der Waals surface area contributed by atoms with E-state index in [4.69, 9.17) is 19.7 Å². The second kappa shape index (κ2) is 11.6. The first-order valence-electron chi connectivity index (χ1n) is 13.4. The minimum Gasteiger partial charge on any atom is -0.489 e. The van der Waals surface area contributed by atoms with Crippen molar-refractivity contribution < 1.29 is 14.9 Å². The third-order valence-electron chi connectivity index (χ3n) is 7.17. The Balaban J connectivity index is 1.29. The van der Waals surface area contributed by atoms with Crippen LogP contribution in [-0.4, -0.2) is 43.9 Å². The normalized spacial score (nSPS) is 18.6. The van der Waals surface area contributed by atoms with Gasteiger partial charge >= 0.3 is 0 Å². The molecule has 0 radical (unpaired) electrons. The van der Waals surface area contributed by atoms with Crippen molar-refractivity contribution in [3.05, 3.63) is 90.1 Å². The fourth-order valence-corrected chi connectivity index (χ4v) is 6.18. The first-order valence-corrected chi connectivity index (χ1v) is 14.2. The van der Waals surface area contributed by atoms with E-state index in [0.29, 0.717) is 31.2 Å². The maximum atomic E-state index is 10.4. The summed E-state index contributed by atoms with van der Waals surface area (Å²) in [6, 6.07) is 25.8. The first kappa shape index (κ1) is 26.2. The maximum Gasteiger partial charge on any atom is 0.229 e. The molecule has 1 saturated carbocycles. The molecule has 8 nitrogen and oxygen atoms in total. The van der Waals surface area contributed by atoms with Crippen LogP contribution in [0.25, 0.3) is 20.8 Å². The smallest absolute Gasteiger partial charge is 0.229 e. The first-order chi connectivity index (χ1) is 19.6. The van der Waals surface area contributed by atoms with E-state index in [9.17, 15) is 10.2 Å². The van der Waals surface area contributed by atoms with Crippen molar-refractivity contribution >= 4 is 39.0 Å². The zero-order chi connectivity index (χ0) is 27.5. The Kier molecular flexibility index (Phi) is 7.59. The number of aliphatic hydroxyl groups is 2. The molecule has 6 rings (SSSR count). The number of para-hydroxylation sites is 1. The van der Waals surface area contributed by atoms with Crippen LogP contribution in [0.5, 0.6) is 5.75 Å². The summed E-state index contributed by atoms with van der Waals surface area (Å²) < 4.78 is 7.09. The third-order valence-corrected chi connectivity index (χ3v) is 8.22. The Hall–Kier alpha value is -4.05. The van der Waals surface area contributed by atoms with Crippen LogP contribution in [-0.2, 0) is 6.61 Å². The molecule has 0 amide bonds. The monoisotopic (exact) mass is 553 g/mol. The Labute approximate surface area is 236 Å². The standard InChI is InChI=1S/C31H31N5O3S/c1-19-28(30-35-25-12-5-6-13-27(25)40-30)29(33-23-14-21(17-37)26(38)16-23)36-31(32-19)34-22-10-7-11-24(15-22)39-18-20-8-3-2-4-9-20/h2-13,15,21,23,26,37-38H,14,16-18H2,1H3,(H2,32,33,34,36)/t21-,23-,26+/m1/s1. The molecular formula is C31H31N5O3S. The lowest BCUT2D eigenvalue weighted by Crippen LogP contribution is -2.19. The molecule has 1 fully saturated rings. The van der Waals surface area contributed by atoms with E-state index in [1.54, 1.807) is 11.3 Å². The number of benzene rings is 3. The van der Waals surface area contributed by atoms with Gasteiger partial charge in [0.15, 0.2) is 0 Å². The summed E-state index contributed by atoms with van der Waals surface area (Å²) in [5.41, 5.74) is 4.46. The molecule has 5 aromatic rings. The summed E-state index contributed by atoms with van der Waals surface area (Å²) in [5.74, 6) is 1.69. The second-order valence-corrected chi connectivity index (χ2v) is 11.1.